The van der Waals surface area contributed by atoms with Gasteiger partial charge < -0.3 is 9.31 Å². The zero-order chi connectivity index (χ0) is 13.6. The second-order valence-corrected chi connectivity index (χ2v) is 5.30. The minimum atomic E-state index is -0.828. The van der Waals surface area contributed by atoms with E-state index >= 15 is 0 Å². The Morgan fingerprint density at radius 1 is 1.28 bits per heavy atom. The Labute approximate surface area is 106 Å². The molecule has 0 saturated carbocycles. The zero-order valence-corrected chi connectivity index (χ0v) is 10.9. The van der Waals surface area contributed by atoms with Crippen molar-refractivity contribution in [2.75, 3.05) is 0 Å². The lowest BCUT2D eigenvalue weighted by Gasteiger charge is -2.32. The van der Waals surface area contributed by atoms with Gasteiger partial charge >= 0.3 is 7.12 Å². The Hall–Kier alpha value is -1.27. The van der Waals surface area contributed by atoms with Crippen molar-refractivity contribution < 1.29 is 18.5 Å². The SMILES string of the molecule is CC1(C)OB(c2nccc(F)c2C=O)OC1(C)C. The van der Waals surface area contributed by atoms with E-state index in [2.05, 4.69) is 4.98 Å². The first kappa shape index (κ1) is 13.2. The van der Waals surface area contributed by atoms with Gasteiger partial charge in [0.15, 0.2) is 6.29 Å². The van der Waals surface area contributed by atoms with E-state index in [4.69, 9.17) is 9.31 Å². The lowest BCUT2D eigenvalue weighted by Crippen LogP contribution is -2.41. The van der Waals surface area contributed by atoms with Crippen LogP contribution in [0.5, 0.6) is 0 Å². The lowest BCUT2D eigenvalue weighted by molar-refractivity contribution is 0.00578. The quantitative estimate of drug-likeness (QED) is 0.587. The number of nitrogens with zero attached hydrogens (tertiary/aromatic N) is 1. The molecule has 0 amide bonds. The molecule has 2 heterocycles. The average molecular weight is 251 g/mol. The highest BCUT2D eigenvalue weighted by atomic mass is 19.1. The van der Waals surface area contributed by atoms with E-state index in [1.807, 2.05) is 27.7 Å². The molecule has 6 heteroatoms. The maximum Gasteiger partial charge on any atom is 0.515 e. The molecule has 18 heavy (non-hydrogen) atoms. The molecule has 1 aromatic heterocycles. The van der Waals surface area contributed by atoms with Crippen molar-refractivity contribution in [2.45, 2.75) is 38.9 Å². The van der Waals surface area contributed by atoms with E-state index in [-0.39, 0.29) is 11.2 Å². The van der Waals surface area contributed by atoms with Gasteiger partial charge in [-0.05, 0) is 33.8 Å². The predicted octanol–water partition coefficient (Wildman–Crippen LogP) is 1.33. The van der Waals surface area contributed by atoms with Crippen LogP contribution in [-0.4, -0.2) is 29.6 Å². The molecule has 0 aromatic carbocycles. The van der Waals surface area contributed by atoms with Gasteiger partial charge in [-0.1, -0.05) is 0 Å². The van der Waals surface area contributed by atoms with Gasteiger partial charge in [-0.25, -0.2) is 4.39 Å². The maximum absolute atomic E-state index is 13.5. The third kappa shape index (κ3) is 1.95. The topological polar surface area (TPSA) is 48.4 Å². The summed E-state index contributed by atoms with van der Waals surface area (Å²) in [5.41, 5.74) is -1.03. The summed E-state index contributed by atoms with van der Waals surface area (Å²) in [7, 11) is -0.828. The van der Waals surface area contributed by atoms with Crippen LogP contribution in [0.1, 0.15) is 38.1 Å². The molecule has 0 N–H and O–H groups in total. The predicted molar refractivity (Wildman–Crippen MR) is 65.3 cm³/mol. The van der Waals surface area contributed by atoms with Gasteiger partial charge in [0.25, 0.3) is 0 Å². The molecule has 1 saturated heterocycles. The van der Waals surface area contributed by atoms with Crippen molar-refractivity contribution in [3.8, 4) is 0 Å². The average Bonchev–Trinajstić information content (AvgIpc) is 2.47. The molecule has 96 valence electrons. The molecule has 1 fully saturated rings. The number of halogens is 1. The van der Waals surface area contributed by atoms with Crippen molar-refractivity contribution in [2.24, 2.45) is 0 Å². The molecule has 4 nitrogen and oxygen atoms in total. The number of carbonyl (C=O) groups excluding carboxylic acids is 1. The Morgan fingerprint density at radius 3 is 2.33 bits per heavy atom. The maximum atomic E-state index is 13.5. The van der Waals surface area contributed by atoms with Crippen molar-refractivity contribution in [3.05, 3.63) is 23.6 Å². The van der Waals surface area contributed by atoms with E-state index in [1.165, 1.54) is 6.20 Å². The normalized spacial score (nSPS) is 21.1. The summed E-state index contributed by atoms with van der Waals surface area (Å²) in [6.45, 7) is 7.53. The molecule has 0 spiro atoms. The Morgan fingerprint density at radius 2 is 1.83 bits per heavy atom. The van der Waals surface area contributed by atoms with Crippen molar-refractivity contribution in [3.63, 3.8) is 0 Å². The number of pyridine rings is 1. The zero-order valence-electron chi connectivity index (χ0n) is 10.9. The molecular formula is C12H15BFNO3. The summed E-state index contributed by atoms with van der Waals surface area (Å²) in [6, 6.07) is 1.14. The van der Waals surface area contributed by atoms with Crippen LogP contribution in [0.2, 0.25) is 0 Å². The monoisotopic (exact) mass is 251 g/mol. The summed E-state index contributed by atoms with van der Waals surface area (Å²) in [4.78, 5) is 14.9. The fraction of sp³-hybridized carbons (Fsp3) is 0.500. The fourth-order valence-electron chi connectivity index (χ4n) is 1.72. The van der Waals surface area contributed by atoms with Crippen molar-refractivity contribution in [1.82, 2.24) is 4.98 Å². The molecule has 0 aliphatic carbocycles. The molecule has 0 radical (unpaired) electrons. The van der Waals surface area contributed by atoms with Gasteiger partial charge in [-0.3, -0.25) is 9.78 Å². The standard InChI is InChI=1S/C12H15BFNO3/c1-11(2)12(3,4)18-13(17-11)10-8(7-16)9(14)5-6-15-10/h5-7H,1-4H3. The minimum Gasteiger partial charge on any atom is -0.398 e. The van der Waals surface area contributed by atoms with Crippen LogP contribution < -0.4 is 5.59 Å². The number of rotatable bonds is 2. The van der Waals surface area contributed by atoms with Gasteiger partial charge in [-0.15, -0.1) is 0 Å². The molecule has 0 bridgehead atoms. The highest BCUT2D eigenvalue weighted by molar-refractivity contribution is 6.62. The second-order valence-electron chi connectivity index (χ2n) is 5.30. The van der Waals surface area contributed by atoms with Crippen molar-refractivity contribution >= 4 is 19.0 Å². The van der Waals surface area contributed by atoms with Crippen LogP contribution in [0.4, 0.5) is 4.39 Å². The summed E-state index contributed by atoms with van der Waals surface area (Å²) >= 11 is 0. The molecule has 0 unspecified atom stereocenters. The molecule has 1 aliphatic rings. The first-order valence-corrected chi connectivity index (χ1v) is 5.74. The summed E-state index contributed by atoms with van der Waals surface area (Å²) in [5, 5.41) is 0. The van der Waals surface area contributed by atoms with Gasteiger partial charge in [0.1, 0.15) is 5.82 Å². The highest BCUT2D eigenvalue weighted by Gasteiger charge is 2.53. The van der Waals surface area contributed by atoms with Crippen LogP contribution in [0.25, 0.3) is 0 Å². The highest BCUT2D eigenvalue weighted by Crippen LogP contribution is 2.36. The van der Waals surface area contributed by atoms with E-state index in [9.17, 15) is 9.18 Å². The Balaban J connectivity index is 2.41. The van der Waals surface area contributed by atoms with Crippen LogP contribution in [0.3, 0.4) is 0 Å². The second kappa shape index (κ2) is 4.14. The third-order valence-corrected chi connectivity index (χ3v) is 3.56. The number of hydrogen-bond donors (Lipinski definition) is 0. The molecular weight excluding hydrogens is 236 g/mol. The summed E-state index contributed by atoms with van der Waals surface area (Å²) < 4.78 is 25.0. The van der Waals surface area contributed by atoms with Crippen LogP contribution in [0.15, 0.2) is 12.3 Å². The van der Waals surface area contributed by atoms with Gasteiger partial charge in [0.05, 0.1) is 22.4 Å². The third-order valence-electron chi connectivity index (χ3n) is 3.56. The number of carbonyl (C=O) groups is 1. The first-order valence-electron chi connectivity index (χ1n) is 5.74. The molecule has 2 rings (SSSR count). The van der Waals surface area contributed by atoms with Gasteiger partial charge in [-0.2, -0.15) is 0 Å². The van der Waals surface area contributed by atoms with E-state index in [0.29, 0.717) is 6.29 Å². The van der Waals surface area contributed by atoms with Gasteiger partial charge in [0, 0.05) is 6.20 Å². The van der Waals surface area contributed by atoms with E-state index < -0.39 is 24.1 Å². The first-order chi connectivity index (χ1) is 8.28. The Kier molecular flexibility index (Phi) is 3.03. The summed E-state index contributed by atoms with van der Waals surface area (Å²) in [6.07, 6.45) is 1.73. The van der Waals surface area contributed by atoms with Crippen LogP contribution >= 0.6 is 0 Å². The fourth-order valence-corrected chi connectivity index (χ4v) is 1.72. The lowest BCUT2D eigenvalue weighted by atomic mass is 9.81. The van der Waals surface area contributed by atoms with Crippen LogP contribution in [-0.2, 0) is 9.31 Å². The molecule has 1 aliphatic heterocycles. The van der Waals surface area contributed by atoms with E-state index in [0.717, 1.165) is 6.07 Å². The Bertz CT molecular complexity index is 474. The number of hydrogen-bond acceptors (Lipinski definition) is 4. The number of aldehydes is 1. The van der Waals surface area contributed by atoms with Crippen molar-refractivity contribution in [1.29, 1.82) is 0 Å². The van der Waals surface area contributed by atoms with Crippen LogP contribution in [0, 0.1) is 5.82 Å². The number of aromatic nitrogens is 1. The smallest absolute Gasteiger partial charge is 0.398 e. The molecule has 0 atom stereocenters. The minimum absolute atomic E-state index is 0.115. The largest absolute Gasteiger partial charge is 0.515 e. The van der Waals surface area contributed by atoms with Gasteiger partial charge in [0.2, 0.25) is 0 Å². The summed E-state index contributed by atoms with van der Waals surface area (Å²) in [5.74, 6) is -0.621. The molecule has 1 aromatic rings. The van der Waals surface area contributed by atoms with E-state index in [1.54, 1.807) is 0 Å².